The van der Waals surface area contributed by atoms with E-state index in [4.69, 9.17) is 14.5 Å². The largest absolute Gasteiger partial charge is 0.474 e. The summed E-state index contributed by atoms with van der Waals surface area (Å²) in [5.41, 5.74) is 0.968. The van der Waals surface area contributed by atoms with Gasteiger partial charge in [0.25, 0.3) is 0 Å². The zero-order chi connectivity index (χ0) is 16.8. The second-order valence-corrected chi connectivity index (χ2v) is 7.85. The van der Waals surface area contributed by atoms with Gasteiger partial charge in [0.05, 0.1) is 29.7 Å². The SMILES string of the molecule is CC1CCC(Oc2nc(N3CC4CC3CO4)cc3ncccc23)CC1. The van der Waals surface area contributed by atoms with E-state index in [1.165, 1.54) is 12.8 Å². The maximum atomic E-state index is 6.39. The number of nitrogens with zero attached hydrogens (tertiary/aromatic N) is 3. The first-order valence-electron chi connectivity index (χ1n) is 9.57. The van der Waals surface area contributed by atoms with Crippen molar-refractivity contribution < 1.29 is 9.47 Å². The van der Waals surface area contributed by atoms with Crippen molar-refractivity contribution in [3.63, 3.8) is 0 Å². The Morgan fingerprint density at radius 2 is 2.12 bits per heavy atom. The van der Waals surface area contributed by atoms with Gasteiger partial charge in [0.1, 0.15) is 11.9 Å². The van der Waals surface area contributed by atoms with Crippen molar-refractivity contribution >= 4 is 16.7 Å². The summed E-state index contributed by atoms with van der Waals surface area (Å²) >= 11 is 0. The molecule has 5 nitrogen and oxygen atoms in total. The molecule has 2 bridgehead atoms. The molecule has 0 radical (unpaired) electrons. The summed E-state index contributed by atoms with van der Waals surface area (Å²) in [6.45, 7) is 4.07. The summed E-state index contributed by atoms with van der Waals surface area (Å²) in [5.74, 6) is 2.56. The molecule has 1 aliphatic carbocycles. The summed E-state index contributed by atoms with van der Waals surface area (Å²) in [6, 6.07) is 6.58. The van der Waals surface area contributed by atoms with E-state index in [1.54, 1.807) is 0 Å². The van der Waals surface area contributed by atoms with Crippen LogP contribution in [-0.2, 0) is 4.74 Å². The molecule has 2 saturated heterocycles. The van der Waals surface area contributed by atoms with Gasteiger partial charge in [-0.25, -0.2) is 0 Å². The summed E-state index contributed by atoms with van der Waals surface area (Å²) in [7, 11) is 0. The Morgan fingerprint density at radius 1 is 1.24 bits per heavy atom. The highest BCUT2D eigenvalue weighted by Gasteiger charge is 2.40. The molecule has 4 heterocycles. The molecule has 2 aromatic heterocycles. The number of hydrogen-bond donors (Lipinski definition) is 0. The van der Waals surface area contributed by atoms with Crippen molar-refractivity contribution in [1.29, 1.82) is 0 Å². The number of fused-ring (bicyclic) bond motifs is 3. The minimum absolute atomic E-state index is 0.278. The molecule has 2 aromatic rings. The number of ether oxygens (including phenoxy) is 2. The fraction of sp³-hybridized carbons (Fsp3) is 0.600. The highest BCUT2D eigenvalue weighted by atomic mass is 16.5. The van der Waals surface area contributed by atoms with E-state index in [9.17, 15) is 0 Å². The average Bonchev–Trinajstić information content (AvgIpc) is 3.27. The Bertz CT molecular complexity index is 773. The number of pyridine rings is 2. The normalized spacial score (nSPS) is 31.6. The maximum absolute atomic E-state index is 6.39. The lowest BCUT2D eigenvalue weighted by Crippen LogP contribution is -2.37. The Hall–Kier alpha value is -1.88. The van der Waals surface area contributed by atoms with Gasteiger partial charge < -0.3 is 14.4 Å². The first-order chi connectivity index (χ1) is 12.3. The second kappa shape index (κ2) is 6.13. The van der Waals surface area contributed by atoms with Crippen LogP contribution < -0.4 is 9.64 Å². The molecule has 2 unspecified atom stereocenters. The molecule has 5 rings (SSSR count). The quantitative estimate of drug-likeness (QED) is 0.855. The highest BCUT2D eigenvalue weighted by Crippen LogP contribution is 2.36. The van der Waals surface area contributed by atoms with Crippen molar-refractivity contribution in [1.82, 2.24) is 9.97 Å². The van der Waals surface area contributed by atoms with Gasteiger partial charge in [0.15, 0.2) is 0 Å². The number of morpholine rings is 1. The summed E-state index contributed by atoms with van der Waals surface area (Å²) < 4.78 is 12.1. The van der Waals surface area contributed by atoms with Gasteiger partial charge in [-0.15, -0.1) is 0 Å². The average molecular weight is 339 g/mol. The topological polar surface area (TPSA) is 47.5 Å². The van der Waals surface area contributed by atoms with Gasteiger partial charge in [0.2, 0.25) is 5.88 Å². The lowest BCUT2D eigenvalue weighted by molar-refractivity contribution is 0.0986. The van der Waals surface area contributed by atoms with Crippen LogP contribution in [0, 0.1) is 5.92 Å². The van der Waals surface area contributed by atoms with Crippen LogP contribution in [-0.4, -0.2) is 41.4 Å². The van der Waals surface area contributed by atoms with Crippen LogP contribution in [0.4, 0.5) is 5.82 Å². The summed E-state index contributed by atoms with van der Waals surface area (Å²) in [4.78, 5) is 11.9. The van der Waals surface area contributed by atoms with Crippen molar-refractivity contribution in [3.05, 3.63) is 24.4 Å². The highest BCUT2D eigenvalue weighted by molar-refractivity contribution is 5.85. The molecule has 132 valence electrons. The predicted molar refractivity (Wildman–Crippen MR) is 97.1 cm³/mol. The predicted octanol–water partition coefficient (Wildman–Crippen LogP) is 3.56. The minimum Gasteiger partial charge on any atom is -0.474 e. The van der Waals surface area contributed by atoms with Crippen LogP contribution in [0.5, 0.6) is 5.88 Å². The Labute approximate surface area is 148 Å². The fourth-order valence-electron chi connectivity index (χ4n) is 4.45. The molecule has 0 aromatic carbocycles. The van der Waals surface area contributed by atoms with E-state index in [0.717, 1.165) is 60.9 Å². The van der Waals surface area contributed by atoms with E-state index >= 15 is 0 Å². The van der Waals surface area contributed by atoms with Crippen molar-refractivity contribution in [3.8, 4) is 5.88 Å². The minimum atomic E-state index is 0.278. The lowest BCUT2D eigenvalue weighted by atomic mass is 9.89. The summed E-state index contributed by atoms with van der Waals surface area (Å²) in [5, 5.41) is 1.02. The van der Waals surface area contributed by atoms with Crippen LogP contribution in [0.25, 0.3) is 10.9 Å². The monoisotopic (exact) mass is 339 g/mol. The van der Waals surface area contributed by atoms with Gasteiger partial charge in [-0.05, 0) is 50.2 Å². The van der Waals surface area contributed by atoms with Crippen LogP contribution >= 0.6 is 0 Å². The number of aromatic nitrogens is 2. The number of hydrogen-bond acceptors (Lipinski definition) is 5. The molecule has 2 atom stereocenters. The van der Waals surface area contributed by atoms with E-state index in [1.807, 2.05) is 12.3 Å². The molecular formula is C20H25N3O2. The van der Waals surface area contributed by atoms with Crippen molar-refractivity contribution in [2.75, 3.05) is 18.1 Å². The zero-order valence-corrected chi connectivity index (χ0v) is 14.7. The van der Waals surface area contributed by atoms with E-state index < -0.39 is 0 Å². The fourth-order valence-corrected chi connectivity index (χ4v) is 4.45. The zero-order valence-electron chi connectivity index (χ0n) is 14.7. The molecule has 1 saturated carbocycles. The van der Waals surface area contributed by atoms with Gasteiger partial charge in [-0.3, -0.25) is 4.98 Å². The van der Waals surface area contributed by atoms with Gasteiger partial charge >= 0.3 is 0 Å². The van der Waals surface area contributed by atoms with E-state index in [2.05, 4.69) is 28.9 Å². The van der Waals surface area contributed by atoms with E-state index in [-0.39, 0.29) is 6.10 Å². The molecule has 0 amide bonds. The smallest absolute Gasteiger partial charge is 0.225 e. The van der Waals surface area contributed by atoms with Gasteiger partial charge in [0, 0.05) is 18.8 Å². The van der Waals surface area contributed by atoms with Crippen LogP contribution in [0.1, 0.15) is 39.0 Å². The van der Waals surface area contributed by atoms with Gasteiger partial charge in [-0.1, -0.05) is 6.92 Å². The van der Waals surface area contributed by atoms with Gasteiger partial charge in [-0.2, -0.15) is 4.98 Å². The van der Waals surface area contributed by atoms with Crippen LogP contribution in [0.2, 0.25) is 0 Å². The Morgan fingerprint density at radius 3 is 2.88 bits per heavy atom. The summed E-state index contributed by atoms with van der Waals surface area (Å²) in [6.07, 6.45) is 8.32. The standard InChI is InChI=1S/C20H25N3O2/c1-13-4-6-15(7-5-13)25-20-17-3-2-8-21-18(17)10-19(22-20)23-11-16-9-14(23)12-24-16/h2-3,8,10,13-16H,4-7,9,11-12H2,1H3. The molecule has 2 aliphatic heterocycles. The van der Waals surface area contributed by atoms with Crippen LogP contribution in [0.15, 0.2) is 24.4 Å². The molecule has 0 spiro atoms. The molecule has 0 N–H and O–H groups in total. The van der Waals surface area contributed by atoms with E-state index in [0.29, 0.717) is 12.1 Å². The lowest BCUT2D eigenvalue weighted by Gasteiger charge is -2.30. The van der Waals surface area contributed by atoms with Crippen molar-refractivity contribution in [2.24, 2.45) is 5.92 Å². The first kappa shape index (κ1) is 15.4. The third kappa shape index (κ3) is 2.84. The molecule has 3 aliphatic rings. The third-order valence-corrected chi connectivity index (χ3v) is 5.99. The molecule has 3 fully saturated rings. The van der Waals surface area contributed by atoms with Crippen molar-refractivity contribution in [2.45, 2.75) is 57.3 Å². The molecule has 25 heavy (non-hydrogen) atoms. The first-order valence-corrected chi connectivity index (χ1v) is 9.57. The number of rotatable bonds is 3. The van der Waals surface area contributed by atoms with Crippen LogP contribution in [0.3, 0.4) is 0 Å². The Balaban J connectivity index is 1.48. The molecule has 5 heteroatoms. The Kier molecular flexibility index (Phi) is 3.77. The number of anilines is 1. The third-order valence-electron chi connectivity index (χ3n) is 5.99. The second-order valence-electron chi connectivity index (χ2n) is 7.85. The maximum Gasteiger partial charge on any atom is 0.225 e. The molecular weight excluding hydrogens is 314 g/mol.